The number of hydrogen-bond acceptors (Lipinski definition) is 2. The fraction of sp³-hybridized carbons (Fsp3) is 0. The average molecular weight is 287 g/mol. The van der Waals surface area contributed by atoms with Gasteiger partial charge in [0.2, 0.25) is 0 Å². The lowest BCUT2D eigenvalue weighted by Gasteiger charge is -2.05. The van der Waals surface area contributed by atoms with Crippen molar-refractivity contribution in [3.8, 4) is 5.75 Å². The van der Waals surface area contributed by atoms with Gasteiger partial charge in [0.25, 0.3) is 5.91 Å². The number of carbonyl (C=O) groups excluding carboxylic acids is 1. The first-order chi connectivity index (χ1) is 9.65. The molecule has 0 atom stereocenters. The highest BCUT2D eigenvalue weighted by Gasteiger charge is 2.12. The first-order valence-corrected chi connectivity index (χ1v) is 6.39. The molecule has 0 spiro atoms. The van der Waals surface area contributed by atoms with Crippen molar-refractivity contribution in [3.63, 3.8) is 0 Å². The monoisotopic (exact) mass is 286 g/mol. The fourth-order valence-corrected chi connectivity index (χ4v) is 2.17. The summed E-state index contributed by atoms with van der Waals surface area (Å²) in [4.78, 5) is 15.3. The summed E-state index contributed by atoms with van der Waals surface area (Å²) in [7, 11) is 0. The Hall–Kier alpha value is -2.46. The van der Waals surface area contributed by atoms with Crippen LogP contribution < -0.4 is 5.32 Å². The summed E-state index contributed by atoms with van der Waals surface area (Å²) in [6.45, 7) is 0. The Morgan fingerprint density at radius 3 is 2.80 bits per heavy atom. The number of nitrogens with one attached hydrogen (secondary N) is 2. The molecule has 0 aliphatic heterocycles. The van der Waals surface area contributed by atoms with Crippen LogP contribution in [0.15, 0.2) is 48.7 Å². The summed E-state index contributed by atoms with van der Waals surface area (Å²) >= 11 is 5.73. The molecular formula is C15H11ClN2O2. The van der Waals surface area contributed by atoms with Crippen molar-refractivity contribution in [2.24, 2.45) is 0 Å². The van der Waals surface area contributed by atoms with Gasteiger partial charge in [0.15, 0.2) is 0 Å². The number of aromatic amines is 1. The van der Waals surface area contributed by atoms with Gasteiger partial charge in [0.1, 0.15) is 5.75 Å². The van der Waals surface area contributed by atoms with E-state index < -0.39 is 0 Å². The molecule has 1 amide bonds. The number of benzene rings is 2. The van der Waals surface area contributed by atoms with Crippen molar-refractivity contribution in [2.45, 2.75) is 0 Å². The molecule has 1 aromatic heterocycles. The van der Waals surface area contributed by atoms with E-state index >= 15 is 0 Å². The van der Waals surface area contributed by atoms with E-state index in [0.29, 0.717) is 11.3 Å². The lowest BCUT2D eigenvalue weighted by molar-refractivity contribution is 0.102. The van der Waals surface area contributed by atoms with Crippen molar-refractivity contribution < 1.29 is 9.90 Å². The zero-order valence-electron chi connectivity index (χ0n) is 10.4. The Balaban J connectivity index is 1.91. The van der Waals surface area contributed by atoms with Crippen LogP contribution in [0.5, 0.6) is 5.75 Å². The SMILES string of the molecule is O=C(Nc1ccc(Cl)c(O)c1)c1c[nH]c2ccccc12. The Morgan fingerprint density at radius 2 is 2.00 bits per heavy atom. The molecule has 0 fully saturated rings. The number of fused-ring (bicyclic) bond motifs is 1. The molecule has 3 rings (SSSR count). The number of aromatic hydroxyl groups is 1. The van der Waals surface area contributed by atoms with Gasteiger partial charge < -0.3 is 15.4 Å². The van der Waals surface area contributed by atoms with Crippen LogP contribution in [-0.4, -0.2) is 16.0 Å². The lowest BCUT2D eigenvalue weighted by atomic mass is 10.1. The number of hydrogen-bond donors (Lipinski definition) is 3. The van der Waals surface area contributed by atoms with Crippen LogP contribution in [0.4, 0.5) is 5.69 Å². The van der Waals surface area contributed by atoms with E-state index in [2.05, 4.69) is 10.3 Å². The van der Waals surface area contributed by atoms with E-state index in [1.807, 2.05) is 24.3 Å². The molecule has 1 heterocycles. The minimum atomic E-state index is -0.246. The number of phenols is 1. The molecule has 0 radical (unpaired) electrons. The van der Waals surface area contributed by atoms with Gasteiger partial charge in [-0.1, -0.05) is 29.8 Å². The number of anilines is 1. The largest absolute Gasteiger partial charge is 0.506 e. The molecule has 0 bridgehead atoms. The van der Waals surface area contributed by atoms with Gasteiger partial charge >= 0.3 is 0 Å². The van der Waals surface area contributed by atoms with Crippen LogP contribution in [0.25, 0.3) is 10.9 Å². The molecule has 0 saturated carbocycles. The molecule has 3 N–H and O–H groups in total. The quantitative estimate of drug-likeness (QED) is 0.671. The number of halogens is 1. The summed E-state index contributed by atoms with van der Waals surface area (Å²) in [6.07, 6.45) is 1.66. The van der Waals surface area contributed by atoms with Gasteiger partial charge in [0, 0.05) is 28.9 Å². The molecule has 2 aromatic carbocycles. The van der Waals surface area contributed by atoms with E-state index in [9.17, 15) is 9.90 Å². The minimum Gasteiger partial charge on any atom is -0.506 e. The molecule has 3 aromatic rings. The van der Waals surface area contributed by atoms with E-state index in [0.717, 1.165) is 10.9 Å². The number of H-pyrrole nitrogens is 1. The maximum absolute atomic E-state index is 12.2. The number of rotatable bonds is 2. The molecule has 100 valence electrons. The summed E-state index contributed by atoms with van der Waals surface area (Å²) in [6, 6.07) is 12.1. The number of carbonyl (C=O) groups is 1. The molecule has 0 aliphatic rings. The Kier molecular flexibility index (Phi) is 3.08. The third-order valence-corrected chi connectivity index (χ3v) is 3.36. The molecule has 4 nitrogen and oxygen atoms in total. The summed E-state index contributed by atoms with van der Waals surface area (Å²) in [5.74, 6) is -0.312. The topological polar surface area (TPSA) is 65.1 Å². The van der Waals surface area contributed by atoms with E-state index in [1.165, 1.54) is 12.1 Å². The smallest absolute Gasteiger partial charge is 0.257 e. The highest BCUT2D eigenvalue weighted by Crippen LogP contribution is 2.27. The van der Waals surface area contributed by atoms with Gasteiger partial charge in [0.05, 0.1) is 10.6 Å². The number of phenolic OH excluding ortho intramolecular Hbond substituents is 1. The van der Waals surface area contributed by atoms with Gasteiger partial charge in [-0.3, -0.25) is 4.79 Å². The Morgan fingerprint density at radius 1 is 1.20 bits per heavy atom. The summed E-state index contributed by atoms with van der Waals surface area (Å²) in [5.41, 5.74) is 1.94. The van der Waals surface area contributed by atoms with Crippen LogP contribution in [0.3, 0.4) is 0 Å². The van der Waals surface area contributed by atoms with E-state index in [1.54, 1.807) is 12.3 Å². The van der Waals surface area contributed by atoms with Crippen LogP contribution >= 0.6 is 11.6 Å². The van der Waals surface area contributed by atoms with Crippen molar-refractivity contribution >= 4 is 34.1 Å². The standard InChI is InChI=1S/C15H11ClN2O2/c16-12-6-5-9(7-14(12)19)18-15(20)11-8-17-13-4-2-1-3-10(11)13/h1-8,17,19H,(H,18,20). The molecule has 0 unspecified atom stereocenters. The second kappa shape index (κ2) is 4.90. The average Bonchev–Trinajstić information content (AvgIpc) is 2.87. The minimum absolute atomic E-state index is 0.0663. The highest BCUT2D eigenvalue weighted by atomic mass is 35.5. The van der Waals surface area contributed by atoms with Crippen molar-refractivity contribution in [3.05, 3.63) is 59.2 Å². The lowest BCUT2D eigenvalue weighted by Crippen LogP contribution is -2.11. The van der Waals surface area contributed by atoms with E-state index in [4.69, 9.17) is 11.6 Å². The normalized spacial score (nSPS) is 10.7. The third kappa shape index (κ3) is 2.21. The maximum Gasteiger partial charge on any atom is 0.257 e. The van der Waals surface area contributed by atoms with Gasteiger partial charge in [-0.15, -0.1) is 0 Å². The van der Waals surface area contributed by atoms with Crippen molar-refractivity contribution in [1.29, 1.82) is 0 Å². The summed E-state index contributed by atoms with van der Waals surface area (Å²) < 4.78 is 0. The second-order valence-corrected chi connectivity index (χ2v) is 4.78. The molecule has 5 heteroatoms. The van der Waals surface area contributed by atoms with Crippen LogP contribution in [-0.2, 0) is 0 Å². The predicted octanol–water partition coefficient (Wildman–Crippen LogP) is 3.78. The second-order valence-electron chi connectivity index (χ2n) is 4.37. The first-order valence-electron chi connectivity index (χ1n) is 6.01. The van der Waals surface area contributed by atoms with Gasteiger partial charge in [-0.05, 0) is 18.2 Å². The Bertz CT molecular complexity index is 795. The molecule has 20 heavy (non-hydrogen) atoms. The number of amides is 1. The van der Waals surface area contributed by atoms with Gasteiger partial charge in [-0.2, -0.15) is 0 Å². The maximum atomic E-state index is 12.2. The highest BCUT2D eigenvalue weighted by molar-refractivity contribution is 6.32. The number of para-hydroxylation sites is 1. The van der Waals surface area contributed by atoms with Crippen LogP contribution in [0.1, 0.15) is 10.4 Å². The molecule has 0 aliphatic carbocycles. The molecule has 0 saturated heterocycles. The van der Waals surface area contributed by atoms with Crippen LogP contribution in [0.2, 0.25) is 5.02 Å². The third-order valence-electron chi connectivity index (χ3n) is 3.04. The predicted molar refractivity (Wildman–Crippen MR) is 79.4 cm³/mol. The van der Waals surface area contributed by atoms with Crippen molar-refractivity contribution in [2.75, 3.05) is 5.32 Å². The van der Waals surface area contributed by atoms with E-state index in [-0.39, 0.29) is 16.7 Å². The zero-order valence-corrected chi connectivity index (χ0v) is 11.1. The van der Waals surface area contributed by atoms with Gasteiger partial charge in [-0.25, -0.2) is 0 Å². The van der Waals surface area contributed by atoms with Crippen molar-refractivity contribution in [1.82, 2.24) is 4.98 Å². The Labute approximate surface area is 120 Å². The fourth-order valence-electron chi connectivity index (χ4n) is 2.05. The number of aromatic nitrogens is 1. The summed E-state index contributed by atoms with van der Waals surface area (Å²) in [5, 5.41) is 13.3. The first kappa shape index (κ1) is 12.6. The molecular weight excluding hydrogens is 276 g/mol. The van der Waals surface area contributed by atoms with Crippen LogP contribution in [0, 0.1) is 0 Å². The zero-order chi connectivity index (χ0) is 14.1.